The Morgan fingerprint density at radius 2 is 2.07 bits per heavy atom. The van der Waals surface area contributed by atoms with Gasteiger partial charge in [0.25, 0.3) is 0 Å². The van der Waals surface area contributed by atoms with Crippen LogP contribution in [0.15, 0.2) is 0 Å². The number of esters is 1. The molecule has 0 saturated heterocycles. The summed E-state index contributed by atoms with van der Waals surface area (Å²) in [6.45, 7) is 6.23. The minimum absolute atomic E-state index is 0.276. The summed E-state index contributed by atoms with van der Waals surface area (Å²) in [6.07, 6.45) is 2.12. The molecule has 0 aromatic carbocycles. The van der Waals surface area contributed by atoms with Gasteiger partial charge in [-0.2, -0.15) is 0 Å². The SMILES string of the molecule is CCC(C(=O)OC)C1(O)CC(C(C)C)C1. The van der Waals surface area contributed by atoms with Crippen molar-refractivity contribution in [3.8, 4) is 0 Å². The number of aliphatic hydroxyl groups is 1. The molecule has 1 N–H and O–H groups in total. The fourth-order valence-electron chi connectivity index (χ4n) is 2.51. The third-order valence-corrected chi connectivity index (χ3v) is 3.72. The van der Waals surface area contributed by atoms with E-state index in [1.165, 1.54) is 7.11 Å². The number of carbonyl (C=O) groups is 1. The van der Waals surface area contributed by atoms with Crippen LogP contribution in [-0.4, -0.2) is 23.8 Å². The maximum absolute atomic E-state index is 11.5. The summed E-state index contributed by atoms with van der Waals surface area (Å²) >= 11 is 0. The molecule has 1 aliphatic carbocycles. The van der Waals surface area contributed by atoms with Gasteiger partial charge in [0.2, 0.25) is 0 Å². The number of methoxy groups -OCH3 is 1. The minimum Gasteiger partial charge on any atom is -0.469 e. The molecule has 1 saturated carbocycles. The average molecular weight is 214 g/mol. The summed E-state index contributed by atoms with van der Waals surface area (Å²) < 4.78 is 4.72. The Kier molecular flexibility index (Phi) is 3.77. The number of hydrogen-bond acceptors (Lipinski definition) is 3. The van der Waals surface area contributed by atoms with Gasteiger partial charge in [0.1, 0.15) is 0 Å². The predicted octanol–water partition coefficient (Wildman–Crippen LogP) is 1.98. The molecule has 1 atom stereocenters. The first kappa shape index (κ1) is 12.5. The highest BCUT2D eigenvalue weighted by Gasteiger charge is 2.51. The van der Waals surface area contributed by atoms with E-state index in [1.807, 2.05) is 6.92 Å². The average Bonchev–Trinajstić information content (AvgIpc) is 2.14. The van der Waals surface area contributed by atoms with E-state index in [9.17, 15) is 9.90 Å². The van der Waals surface area contributed by atoms with Crippen LogP contribution in [0.3, 0.4) is 0 Å². The van der Waals surface area contributed by atoms with Gasteiger partial charge >= 0.3 is 5.97 Å². The Balaban J connectivity index is 2.60. The lowest BCUT2D eigenvalue weighted by Gasteiger charge is -2.49. The summed E-state index contributed by atoms with van der Waals surface area (Å²) in [7, 11) is 1.38. The van der Waals surface area contributed by atoms with E-state index in [0.29, 0.717) is 18.3 Å². The number of carbonyl (C=O) groups excluding carboxylic acids is 1. The van der Waals surface area contributed by atoms with Gasteiger partial charge in [0.05, 0.1) is 18.6 Å². The molecule has 3 heteroatoms. The molecular weight excluding hydrogens is 192 g/mol. The van der Waals surface area contributed by atoms with Gasteiger partial charge in [-0.1, -0.05) is 20.8 Å². The fourth-order valence-corrected chi connectivity index (χ4v) is 2.51. The normalized spacial score (nSPS) is 32.3. The molecule has 0 amide bonds. The molecule has 0 aromatic rings. The summed E-state index contributed by atoms with van der Waals surface area (Å²) in [6, 6.07) is 0. The van der Waals surface area contributed by atoms with Gasteiger partial charge in [-0.25, -0.2) is 0 Å². The molecule has 0 bridgehead atoms. The van der Waals surface area contributed by atoms with Gasteiger partial charge in [-0.15, -0.1) is 0 Å². The third kappa shape index (κ3) is 2.33. The van der Waals surface area contributed by atoms with Gasteiger partial charge in [0.15, 0.2) is 0 Å². The molecule has 1 aliphatic rings. The second kappa shape index (κ2) is 4.52. The molecule has 1 unspecified atom stereocenters. The molecule has 1 rings (SSSR count). The lowest BCUT2D eigenvalue weighted by atomic mass is 9.60. The van der Waals surface area contributed by atoms with Crippen LogP contribution in [0.25, 0.3) is 0 Å². The van der Waals surface area contributed by atoms with Gasteiger partial charge in [-0.05, 0) is 31.1 Å². The zero-order valence-electron chi connectivity index (χ0n) is 10.1. The molecule has 3 nitrogen and oxygen atoms in total. The van der Waals surface area contributed by atoms with E-state index in [4.69, 9.17) is 4.74 Å². The first-order valence-corrected chi connectivity index (χ1v) is 5.74. The van der Waals surface area contributed by atoms with Crippen molar-refractivity contribution >= 4 is 5.97 Å². The van der Waals surface area contributed by atoms with Crippen molar-refractivity contribution < 1.29 is 14.6 Å². The lowest BCUT2D eigenvalue weighted by molar-refractivity contribution is -0.173. The quantitative estimate of drug-likeness (QED) is 0.728. The van der Waals surface area contributed by atoms with Crippen molar-refractivity contribution in [1.29, 1.82) is 0 Å². The van der Waals surface area contributed by atoms with Gasteiger partial charge in [0, 0.05) is 0 Å². The zero-order valence-corrected chi connectivity index (χ0v) is 10.1. The van der Waals surface area contributed by atoms with Crippen molar-refractivity contribution in [2.75, 3.05) is 7.11 Å². The Morgan fingerprint density at radius 1 is 1.53 bits per heavy atom. The Bertz CT molecular complexity index is 229. The maximum Gasteiger partial charge on any atom is 0.311 e. The van der Waals surface area contributed by atoms with Crippen LogP contribution in [0.2, 0.25) is 0 Å². The molecule has 0 spiro atoms. The molecule has 1 fully saturated rings. The zero-order chi connectivity index (χ0) is 11.6. The van der Waals surface area contributed by atoms with Crippen LogP contribution in [0, 0.1) is 17.8 Å². The summed E-state index contributed by atoms with van der Waals surface area (Å²) in [5, 5.41) is 10.3. The van der Waals surface area contributed by atoms with Gasteiger partial charge in [-0.3, -0.25) is 4.79 Å². The van der Waals surface area contributed by atoms with Crippen LogP contribution < -0.4 is 0 Å². The Hall–Kier alpha value is -0.570. The van der Waals surface area contributed by atoms with Crippen molar-refractivity contribution in [3.63, 3.8) is 0 Å². The highest BCUT2D eigenvalue weighted by molar-refractivity contribution is 5.73. The second-order valence-corrected chi connectivity index (χ2v) is 5.00. The second-order valence-electron chi connectivity index (χ2n) is 5.00. The topological polar surface area (TPSA) is 46.5 Å². The lowest BCUT2D eigenvalue weighted by Crippen LogP contribution is -2.53. The van der Waals surface area contributed by atoms with E-state index in [2.05, 4.69) is 13.8 Å². The molecule has 0 aliphatic heterocycles. The van der Waals surface area contributed by atoms with E-state index in [0.717, 1.165) is 12.8 Å². The molecule has 0 aromatic heterocycles. The summed E-state index contributed by atoms with van der Waals surface area (Å²) in [5.74, 6) is 0.508. The summed E-state index contributed by atoms with van der Waals surface area (Å²) in [5.41, 5.74) is -0.809. The smallest absolute Gasteiger partial charge is 0.311 e. The van der Waals surface area contributed by atoms with Crippen LogP contribution in [0.5, 0.6) is 0 Å². The number of ether oxygens (including phenoxy) is 1. The van der Waals surface area contributed by atoms with E-state index in [-0.39, 0.29) is 11.9 Å². The highest BCUT2D eigenvalue weighted by Crippen LogP contribution is 2.47. The van der Waals surface area contributed by atoms with Crippen LogP contribution >= 0.6 is 0 Å². The Labute approximate surface area is 91.8 Å². The highest BCUT2D eigenvalue weighted by atomic mass is 16.5. The van der Waals surface area contributed by atoms with E-state index in [1.54, 1.807) is 0 Å². The number of rotatable bonds is 4. The fraction of sp³-hybridized carbons (Fsp3) is 0.917. The molecular formula is C12H22O3. The molecule has 15 heavy (non-hydrogen) atoms. The van der Waals surface area contributed by atoms with Crippen molar-refractivity contribution in [3.05, 3.63) is 0 Å². The largest absolute Gasteiger partial charge is 0.469 e. The van der Waals surface area contributed by atoms with Crippen LogP contribution in [0.4, 0.5) is 0 Å². The van der Waals surface area contributed by atoms with Crippen molar-refractivity contribution in [2.45, 2.75) is 45.6 Å². The molecule has 0 heterocycles. The summed E-state index contributed by atoms with van der Waals surface area (Å²) in [4.78, 5) is 11.5. The first-order chi connectivity index (χ1) is 6.94. The van der Waals surface area contributed by atoms with Crippen LogP contribution in [0.1, 0.15) is 40.0 Å². The molecule has 88 valence electrons. The van der Waals surface area contributed by atoms with Crippen molar-refractivity contribution in [1.82, 2.24) is 0 Å². The minimum atomic E-state index is -0.809. The molecule has 0 radical (unpaired) electrons. The van der Waals surface area contributed by atoms with E-state index >= 15 is 0 Å². The van der Waals surface area contributed by atoms with E-state index < -0.39 is 5.60 Å². The predicted molar refractivity (Wildman–Crippen MR) is 58.3 cm³/mol. The third-order valence-electron chi connectivity index (χ3n) is 3.72. The first-order valence-electron chi connectivity index (χ1n) is 5.74. The Morgan fingerprint density at radius 3 is 2.40 bits per heavy atom. The van der Waals surface area contributed by atoms with Crippen molar-refractivity contribution in [2.24, 2.45) is 17.8 Å². The standard InChI is InChI=1S/C12H22O3/c1-5-10(11(13)15-4)12(14)6-9(7-12)8(2)3/h8-10,14H,5-7H2,1-4H3. The van der Waals surface area contributed by atoms with Gasteiger partial charge < -0.3 is 9.84 Å². The number of hydrogen-bond donors (Lipinski definition) is 1. The monoisotopic (exact) mass is 214 g/mol. The van der Waals surface area contributed by atoms with Crippen LogP contribution in [-0.2, 0) is 9.53 Å². The maximum atomic E-state index is 11.5.